The minimum absolute atomic E-state index is 0.0165. The van der Waals surface area contributed by atoms with Gasteiger partial charge in [-0.3, -0.25) is 9.69 Å². The predicted octanol–water partition coefficient (Wildman–Crippen LogP) is 2.91. The number of hydrogen-bond donors (Lipinski definition) is 0. The second-order valence-corrected chi connectivity index (χ2v) is 8.85. The van der Waals surface area contributed by atoms with E-state index in [1.165, 1.54) is 17.7 Å². The Balaban J connectivity index is 1.20. The van der Waals surface area contributed by atoms with Gasteiger partial charge in [-0.15, -0.1) is 0 Å². The van der Waals surface area contributed by atoms with Gasteiger partial charge >= 0.3 is 0 Å². The smallest absolute Gasteiger partial charge is 0.228 e. The Kier molecular flexibility index (Phi) is 6.28. The molecule has 170 valence electrons. The Morgan fingerprint density at radius 3 is 2.56 bits per heavy atom. The highest BCUT2D eigenvalue weighted by Gasteiger charge is 2.29. The maximum atomic E-state index is 13.2. The monoisotopic (exact) mass is 439 g/mol. The number of hydrogen-bond acceptors (Lipinski definition) is 5. The highest BCUT2D eigenvalue weighted by Crippen LogP contribution is 2.27. The quantitative estimate of drug-likeness (QED) is 0.733. The van der Waals surface area contributed by atoms with Crippen LogP contribution in [0.2, 0.25) is 0 Å². The third-order valence-electron chi connectivity index (χ3n) is 6.67. The van der Waals surface area contributed by atoms with Crippen molar-refractivity contribution in [1.82, 2.24) is 9.80 Å². The minimum Gasteiger partial charge on any atom is -0.491 e. The number of halogens is 1. The third-order valence-corrected chi connectivity index (χ3v) is 6.67. The standard InChI is InChI=1S/C25H30FN3O3/c26-22-2-4-23(5-3-22)28-10-8-27(9-11-28)16-19-1-6-24-21(15-19)17-29(12-14-32-24)25(30)20-7-13-31-18-20/h1-6,15,20H,7-14,16-18H2/t20-/m0/s1. The summed E-state index contributed by atoms with van der Waals surface area (Å²) in [5, 5.41) is 0. The Morgan fingerprint density at radius 2 is 1.81 bits per heavy atom. The average molecular weight is 440 g/mol. The van der Waals surface area contributed by atoms with E-state index < -0.39 is 0 Å². The van der Waals surface area contributed by atoms with Gasteiger partial charge in [0.25, 0.3) is 0 Å². The summed E-state index contributed by atoms with van der Waals surface area (Å²) in [6.07, 6.45) is 0.812. The summed E-state index contributed by atoms with van der Waals surface area (Å²) in [7, 11) is 0. The molecule has 2 aromatic carbocycles. The molecule has 0 bridgehead atoms. The van der Waals surface area contributed by atoms with Crippen molar-refractivity contribution >= 4 is 11.6 Å². The van der Waals surface area contributed by atoms with Crippen LogP contribution >= 0.6 is 0 Å². The zero-order valence-electron chi connectivity index (χ0n) is 18.3. The van der Waals surface area contributed by atoms with E-state index >= 15 is 0 Å². The first-order chi connectivity index (χ1) is 15.7. The minimum atomic E-state index is -0.198. The molecule has 0 spiro atoms. The second kappa shape index (κ2) is 9.46. The van der Waals surface area contributed by atoms with Crippen LogP contribution in [0.1, 0.15) is 17.5 Å². The molecule has 1 atom stereocenters. The fraction of sp³-hybridized carbons (Fsp3) is 0.480. The van der Waals surface area contributed by atoms with Gasteiger partial charge in [-0.1, -0.05) is 6.07 Å². The maximum absolute atomic E-state index is 13.2. The lowest BCUT2D eigenvalue weighted by Gasteiger charge is -2.36. The first-order valence-electron chi connectivity index (χ1n) is 11.5. The van der Waals surface area contributed by atoms with E-state index in [1.54, 1.807) is 0 Å². The number of fused-ring (bicyclic) bond motifs is 1. The molecule has 0 saturated carbocycles. The van der Waals surface area contributed by atoms with Crippen LogP contribution in [0, 0.1) is 11.7 Å². The molecule has 0 aliphatic carbocycles. The maximum Gasteiger partial charge on any atom is 0.228 e. The van der Waals surface area contributed by atoms with Crippen molar-refractivity contribution in [1.29, 1.82) is 0 Å². The van der Waals surface area contributed by atoms with Gasteiger partial charge in [0.1, 0.15) is 18.2 Å². The Bertz CT molecular complexity index is 938. The van der Waals surface area contributed by atoms with Crippen LogP contribution in [0.3, 0.4) is 0 Å². The molecule has 2 saturated heterocycles. The van der Waals surface area contributed by atoms with Crippen LogP contribution in [0.5, 0.6) is 5.75 Å². The number of nitrogens with zero attached hydrogens (tertiary/aromatic N) is 3. The van der Waals surface area contributed by atoms with Crippen LogP contribution in [-0.2, 0) is 22.6 Å². The van der Waals surface area contributed by atoms with E-state index in [0.717, 1.165) is 56.1 Å². The first-order valence-corrected chi connectivity index (χ1v) is 11.5. The van der Waals surface area contributed by atoms with Crippen LogP contribution in [0.4, 0.5) is 10.1 Å². The largest absolute Gasteiger partial charge is 0.491 e. The fourth-order valence-corrected chi connectivity index (χ4v) is 4.80. The average Bonchev–Trinajstić information content (AvgIpc) is 3.27. The summed E-state index contributed by atoms with van der Waals surface area (Å²) in [4.78, 5) is 19.6. The number of amides is 1. The number of piperazine rings is 1. The fourth-order valence-electron chi connectivity index (χ4n) is 4.80. The Labute approximate surface area is 188 Å². The van der Waals surface area contributed by atoms with Gasteiger partial charge in [0.05, 0.1) is 19.1 Å². The highest BCUT2D eigenvalue weighted by atomic mass is 19.1. The molecular weight excluding hydrogens is 409 g/mol. The molecule has 2 fully saturated rings. The number of carbonyl (C=O) groups excluding carboxylic acids is 1. The van der Waals surface area contributed by atoms with E-state index in [2.05, 4.69) is 21.9 Å². The summed E-state index contributed by atoms with van der Waals surface area (Å²) in [6, 6.07) is 13.1. The zero-order chi connectivity index (χ0) is 21.9. The summed E-state index contributed by atoms with van der Waals surface area (Å²) in [5.41, 5.74) is 3.39. The molecule has 0 unspecified atom stereocenters. The van der Waals surface area contributed by atoms with Crippen molar-refractivity contribution in [3.8, 4) is 5.75 Å². The Hall–Kier alpha value is -2.64. The SMILES string of the molecule is O=C([C@H]1CCOC1)N1CCOc2ccc(CN3CCN(c4ccc(F)cc4)CC3)cc2C1. The molecule has 2 aromatic rings. The molecule has 3 aliphatic heterocycles. The van der Waals surface area contributed by atoms with Crippen molar-refractivity contribution in [2.75, 3.05) is 57.4 Å². The summed E-state index contributed by atoms with van der Waals surface area (Å²) in [6.45, 7) is 7.57. The molecule has 1 amide bonds. The van der Waals surface area contributed by atoms with Gasteiger partial charge < -0.3 is 19.3 Å². The number of ether oxygens (including phenoxy) is 2. The summed E-state index contributed by atoms with van der Waals surface area (Å²) >= 11 is 0. The van der Waals surface area contributed by atoms with Gasteiger partial charge in [-0.25, -0.2) is 4.39 Å². The van der Waals surface area contributed by atoms with E-state index in [9.17, 15) is 9.18 Å². The summed E-state index contributed by atoms with van der Waals surface area (Å²) < 4.78 is 24.5. The molecule has 3 aliphatic rings. The van der Waals surface area contributed by atoms with Crippen LogP contribution in [0.15, 0.2) is 42.5 Å². The second-order valence-electron chi connectivity index (χ2n) is 8.85. The predicted molar refractivity (Wildman–Crippen MR) is 120 cm³/mol. The molecule has 0 radical (unpaired) electrons. The molecule has 5 rings (SSSR count). The van der Waals surface area contributed by atoms with Crippen molar-refractivity contribution < 1.29 is 18.7 Å². The Morgan fingerprint density at radius 1 is 1.00 bits per heavy atom. The lowest BCUT2D eigenvalue weighted by molar-refractivity contribution is -0.136. The van der Waals surface area contributed by atoms with Gasteiger partial charge in [0, 0.05) is 57.1 Å². The van der Waals surface area contributed by atoms with Crippen LogP contribution in [0.25, 0.3) is 0 Å². The number of rotatable bonds is 4. The summed E-state index contributed by atoms with van der Waals surface area (Å²) in [5.74, 6) is 0.850. The van der Waals surface area contributed by atoms with Crippen molar-refractivity contribution in [2.45, 2.75) is 19.5 Å². The topological polar surface area (TPSA) is 45.2 Å². The lowest BCUT2D eigenvalue weighted by atomic mass is 10.1. The van der Waals surface area contributed by atoms with E-state index in [-0.39, 0.29) is 17.6 Å². The van der Waals surface area contributed by atoms with Crippen molar-refractivity contribution in [3.05, 3.63) is 59.4 Å². The number of carbonyl (C=O) groups is 1. The van der Waals surface area contributed by atoms with Crippen molar-refractivity contribution in [3.63, 3.8) is 0 Å². The molecule has 0 aromatic heterocycles. The molecule has 7 heteroatoms. The molecule has 6 nitrogen and oxygen atoms in total. The van der Waals surface area contributed by atoms with Gasteiger partial charge in [-0.2, -0.15) is 0 Å². The molecule has 3 heterocycles. The first kappa shape index (κ1) is 21.2. The van der Waals surface area contributed by atoms with E-state index in [0.29, 0.717) is 32.9 Å². The highest BCUT2D eigenvalue weighted by molar-refractivity contribution is 5.79. The van der Waals surface area contributed by atoms with Crippen molar-refractivity contribution in [2.24, 2.45) is 5.92 Å². The van der Waals surface area contributed by atoms with E-state index in [1.807, 2.05) is 23.1 Å². The van der Waals surface area contributed by atoms with Crippen LogP contribution in [-0.4, -0.2) is 68.3 Å². The number of anilines is 1. The zero-order valence-corrected chi connectivity index (χ0v) is 18.3. The molecular formula is C25H30FN3O3. The number of benzene rings is 2. The van der Waals surface area contributed by atoms with Gasteiger partial charge in [-0.05, 0) is 48.4 Å². The normalized spacial score (nSPS) is 21.7. The van der Waals surface area contributed by atoms with Gasteiger partial charge in [0.2, 0.25) is 5.91 Å². The molecule has 0 N–H and O–H groups in total. The van der Waals surface area contributed by atoms with Crippen LogP contribution < -0.4 is 9.64 Å². The van der Waals surface area contributed by atoms with Gasteiger partial charge in [0.15, 0.2) is 0 Å². The van der Waals surface area contributed by atoms with E-state index in [4.69, 9.17) is 9.47 Å². The molecule has 32 heavy (non-hydrogen) atoms. The lowest BCUT2D eigenvalue weighted by Crippen LogP contribution is -2.46. The third kappa shape index (κ3) is 4.74.